The fourth-order valence-corrected chi connectivity index (χ4v) is 1.91. The molecule has 0 bridgehead atoms. The lowest BCUT2D eigenvalue weighted by atomic mass is 10.1. The highest BCUT2D eigenvalue weighted by Crippen LogP contribution is 2.32. The van der Waals surface area contributed by atoms with E-state index in [0.29, 0.717) is 12.5 Å². The van der Waals surface area contributed by atoms with Gasteiger partial charge in [0.25, 0.3) is 5.91 Å². The number of hydrogen-bond acceptors (Lipinski definition) is 2. The molecule has 2 rings (SSSR count). The molecule has 1 aliphatic rings. The molecule has 1 aromatic carbocycles. The normalized spacial score (nSPS) is 14.2. The van der Waals surface area contributed by atoms with E-state index in [1.165, 1.54) is 29.9 Å². The average molecular weight is 265 g/mol. The number of benzene rings is 1. The molecule has 102 valence electrons. The third-order valence-electron chi connectivity index (χ3n) is 3.36. The molecule has 0 saturated heterocycles. The van der Waals surface area contributed by atoms with E-state index in [4.69, 9.17) is 5.11 Å². The van der Waals surface area contributed by atoms with Crippen molar-refractivity contribution in [2.75, 3.05) is 13.6 Å². The van der Waals surface area contributed by atoms with Crippen molar-refractivity contribution in [3.63, 3.8) is 0 Å². The summed E-state index contributed by atoms with van der Waals surface area (Å²) in [7, 11) is 1.63. The van der Waals surface area contributed by atoms with Gasteiger partial charge in [-0.1, -0.05) is 12.8 Å². The van der Waals surface area contributed by atoms with E-state index in [-0.39, 0.29) is 11.1 Å². The summed E-state index contributed by atoms with van der Waals surface area (Å²) < 4.78 is 13.7. The van der Waals surface area contributed by atoms with E-state index in [1.807, 2.05) is 0 Å². The van der Waals surface area contributed by atoms with Crippen LogP contribution in [0.2, 0.25) is 0 Å². The molecule has 1 aromatic rings. The van der Waals surface area contributed by atoms with Gasteiger partial charge in [0.15, 0.2) is 0 Å². The van der Waals surface area contributed by atoms with E-state index in [2.05, 4.69) is 0 Å². The van der Waals surface area contributed by atoms with Gasteiger partial charge in [-0.2, -0.15) is 0 Å². The minimum Gasteiger partial charge on any atom is -0.478 e. The molecule has 1 amide bonds. The van der Waals surface area contributed by atoms with Crippen LogP contribution in [0, 0.1) is 11.7 Å². The lowest BCUT2D eigenvalue weighted by Gasteiger charge is -2.17. The van der Waals surface area contributed by atoms with Crippen molar-refractivity contribution >= 4 is 11.9 Å². The number of amides is 1. The lowest BCUT2D eigenvalue weighted by Crippen LogP contribution is -2.28. The molecule has 1 N–H and O–H groups in total. The number of halogens is 1. The van der Waals surface area contributed by atoms with Crippen molar-refractivity contribution in [1.82, 2.24) is 4.90 Å². The first kappa shape index (κ1) is 13.5. The van der Waals surface area contributed by atoms with Crippen LogP contribution in [0.1, 0.15) is 40.0 Å². The van der Waals surface area contributed by atoms with Crippen molar-refractivity contribution in [2.24, 2.45) is 5.92 Å². The van der Waals surface area contributed by atoms with E-state index in [1.54, 1.807) is 7.05 Å². The molecule has 0 atom stereocenters. The maximum atomic E-state index is 13.7. The summed E-state index contributed by atoms with van der Waals surface area (Å²) in [4.78, 5) is 24.2. The van der Waals surface area contributed by atoms with Crippen molar-refractivity contribution in [3.8, 4) is 0 Å². The third kappa shape index (κ3) is 3.30. The van der Waals surface area contributed by atoms with Crippen LogP contribution in [0.3, 0.4) is 0 Å². The van der Waals surface area contributed by atoms with Crippen molar-refractivity contribution in [3.05, 3.63) is 35.1 Å². The van der Waals surface area contributed by atoms with Gasteiger partial charge in [0.2, 0.25) is 0 Å². The zero-order valence-corrected chi connectivity index (χ0v) is 10.7. The Hall–Kier alpha value is -1.91. The highest BCUT2D eigenvalue weighted by molar-refractivity contribution is 5.96. The molecule has 0 heterocycles. The molecule has 0 aliphatic heterocycles. The van der Waals surface area contributed by atoms with Gasteiger partial charge < -0.3 is 10.0 Å². The number of carbonyl (C=O) groups excluding carboxylic acids is 1. The fourth-order valence-electron chi connectivity index (χ4n) is 1.91. The van der Waals surface area contributed by atoms with Gasteiger partial charge in [0, 0.05) is 13.6 Å². The van der Waals surface area contributed by atoms with Crippen molar-refractivity contribution in [2.45, 2.75) is 19.3 Å². The largest absolute Gasteiger partial charge is 0.478 e. The molecule has 1 saturated carbocycles. The zero-order chi connectivity index (χ0) is 14.0. The maximum absolute atomic E-state index is 13.7. The minimum absolute atomic E-state index is 0.0803. The smallest absolute Gasteiger partial charge is 0.335 e. The topological polar surface area (TPSA) is 57.6 Å². The number of hydrogen-bond donors (Lipinski definition) is 1. The molecular formula is C14H16FNO3. The van der Waals surface area contributed by atoms with Crippen LogP contribution in [-0.2, 0) is 0 Å². The lowest BCUT2D eigenvalue weighted by molar-refractivity contribution is 0.0694. The van der Waals surface area contributed by atoms with Gasteiger partial charge in [-0.05, 0) is 30.5 Å². The molecule has 0 unspecified atom stereocenters. The van der Waals surface area contributed by atoms with Gasteiger partial charge in [-0.25, -0.2) is 9.18 Å². The van der Waals surface area contributed by atoms with Gasteiger partial charge in [0.05, 0.1) is 11.1 Å². The van der Waals surface area contributed by atoms with E-state index < -0.39 is 17.7 Å². The predicted molar refractivity (Wildman–Crippen MR) is 67.7 cm³/mol. The highest BCUT2D eigenvalue weighted by Gasteiger charge is 2.23. The van der Waals surface area contributed by atoms with Crippen LogP contribution in [0.25, 0.3) is 0 Å². The number of rotatable bonds is 5. The monoisotopic (exact) mass is 265 g/mol. The molecule has 19 heavy (non-hydrogen) atoms. The van der Waals surface area contributed by atoms with Gasteiger partial charge in [0.1, 0.15) is 5.82 Å². The van der Waals surface area contributed by atoms with E-state index in [0.717, 1.165) is 12.5 Å². The second-order valence-corrected chi connectivity index (χ2v) is 4.96. The molecule has 1 aliphatic carbocycles. The summed E-state index contributed by atoms with van der Waals surface area (Å²) >= 11 is 0. The van der Waals surface area contributed by atoms with E-state index >= 15 is 0 Å². The summed E-state index contributed by atoms with van der Waals surface area (Å²) in [6.07, 6.45) is 3.37. The predicted octanol–water partition coefficient (Wildman–Crippen LogP) is 2.40. The Morgan fingerprint density at radius 3 is 2.63 bits per heavy atom. The van der Waals surface area contributed by atoms with E-state index in [9.17, 15) is 14.0 Å². The van der Waals surface area contributed by atoms with Crippen LogP contribution < -0.4 is 0 Å². The quantitative estimate of drug-likeness (QED) is 0.889. The first-order valence-electron chi connectivity index (χ1n) is 6.27. The Morgan fingerprint density at radius 1 is 1.42 bits per heavy atom. The molecule has 5 heteroatoms. The minimum atomic E-state index is -1.21. The average Bonchev–Trinajstić information content (AvgIpc) is 3.18. The van der Waals surface area contributed by atoms with Crippen molar-refractivity contribution in [1.29, 1.82) is 0 Å². The number of carboxylic acids is 1. The first-order valence-corrected chi connectivity index (χ1v) is 6.27. The Balaban J connectivity index is 2.06. The third-order valence-corrected chi connectivity index (χ3v) is 3.36. The Labute approximate surface area is 110 Å². The second kappa shape index (κ2) is 5.38. The number of carboxylic acid groups (broad SMARTS) is 1. The van der Waals surface area contributed by atoms with Gasteiger partial charge in [-0.3, -0.25) is 4.79 Å². The summed E-state index contributed by atoms with van der Waals surface area (Å²) in [5.74, 6) is -1.70. The number of nitrogens with zero attached hydrogens (tertiary/aromatic N) is 1. The van der Waals surface area contributed by atoms with Crippen LogP contribution in [0.15, 0.2) is 18.2 Å². The van der Waals surface area contributed by atoms with Crippen LogP contribution in [-0.4, -0.2) is 35.5 Å². The molecule has 1 fully saturated rings. The fraction of sp³-hybridized carbons (Fsp3) is 0.429. The molecule has 0 spiro atoms. The molecule has 4 nitrogen and oxygen atoms in total. The van der Waals surface area contributed by atoms with Crippen LogP contribution in [0.5, 0.6) is 0 Å². The Bertz CT molecular complexity index is 511. The van der Waals surface area contributed by atoms with Gasteiger partial charge in [-0.15, -0.1) is 0 Å². The standard InChI is InChI=1S/C14H16FNO3/c1-16(7-6-9-2-3-9)13(17)11-5-4-10(14(18)19)8-12(11)15/h4-5,8-9H,2-3,6-7H2,1H3,(H,18,19). The summed E-state index contributed by atoms with van der Waals surface area (Å²) in [5, 5.41) is 8.74. The van der Waals surface area contributed by atoms with Crippen molar-refractivity contribution < 1.29 is 19.1 Å². The van der Waals surface area contributed by atoms with Crippen LogP contribution in [0.4, 0.5) is 4.39 Å². The maximum Gasteiger partial charge on any atom is 0.335 e. The SMILES string of the molecule is CN(CCC1CC1)C(=O)c1ccc(C(=O)O)cc1F. The second-order valence-electron chi connectivity index (χ2n) is 4.96. The van der Waals surface area contributed by atoms with Crippen LogP contribution >= 0.6 is 0 Å². The summed E-state index contributed by atoms with van der Waals surface area (Å²) in [6, 6.07) is 3.35. The Morgan fingerprint density at radius 2 is 2.11 bits per heavy atom. The zero-order valence-electron chi connectivity index (χ0n) is 10.7. The number of carbonyl (C=O) groups is 2. The Kier molecular flexibility index (Phi) is 3.83. The summed E-state index contributed by atoms with van der Waals surface area (Å²) in [6.45, 7) is 0.601. The first-order chi connectivity index (χ1) is 8.99. The number of aromatic carboxylic acids is 1. The summed E-state index contributed by atoms with van der Waals surface area (Å²) in [5.41, 5.74) is -0.238. The molecule has 0 radical (unpaired) electrons. The highest BCUT2D eigenvalue weighted by atomic mass is 19.1. The van der Waals surface area contributed by atoms with Gasteiger partial charge >= 0.3 is 5.97 Å². The molecular weight excluding hydrogens is 249 g/mol. The molecule has 0 aromatic heterocycles.